The third-order valence-electron chi connectivity index (χ3n) is 17.6. The van der Waals surface area contributed by atoms with Crippen LogP contribution in [0.25, 0.3) is 0 Å². The highest BCUT2D eigenvalue weighted by Crippen LogP contribution is 2.29. The topological polar surface area (TPSA) is 121 Å². The number of unbranched alkanes of at least 4 members (excludes halogenated alkanes) is 32. The van der Waals surface area contributed by atoms with Gasteiger partial charge in [0.25, 0.3) is 0 Å². The summed E-state index contributed by atoms with van der Waals surface area (Å²) in [4.78, 5) is 62.2. The lowest BCUT2D eigenvalue weighted by molar-refractivity contribution is -0.142. The lowest BCUT2D eigenvalue weighted by Gasteiger charge is -2.34. The summed E-state index contributed by atoms with van der Waals surface area (Å²) in [5.74, 6) is -0.443. The van der Waals surface area contributed by atoms with E-state index in [1.807, 2.05) is 18.7 Å². The van der Waals surface area contributed by atoms with E-state index in [0.717, 1.165) is 84.2 Å². The van der Waals surface area contributed by atoms with Crippen molar-refractivity contribution >= 4 is 23.5 Å². The van der Waals surface area contributed by atoms with Gasteiger partial charge in [0.2, 0.25) is 17.7 Å². The molecule has 0 aromatic heterocycles. The van der Waals surface area contributed by atoms with E-state index in [4.69, 9.17) is 9.47 Å². The zero-order valence-corrected chi connectivity index (χ0v) is 56.4. The highest BCUT2D eigenvalue weighted by Gasteiger charge is 2.35. The third-order valence-corrected chi connectivity index (χ3v) is 17.6. The Balaban J connectivity index is 4.85. The van der Waals surface area contributed by atoms with Gasteiger partial charge in [-0.1, -0.05) is 275 Å². The van der Waals surface area contributed by atoms with E-state index in [2.05, 4.69) is 75.8 Å². The van der Waals surface area contributed by atoms with Crippen LogP contribution < -0.4 is 10.6 Å². The van der Waals surface area contributed by atoms with Crippen LogP contribution in [-0.4, -0.2) is 130 Å². The van der Waals surface area contributed by atoms with Crippen LogP contribution in [0.15, 0.2) is 0 Å². The van der Waals surface area contributed by atoms with E-state index in [-0.39, 0.29) is 47.2 Å². The van der Waals surface area contributed by atoms with Crippen molar-refractivity contribution in [2.45, 2.75) is 326 Å². The van der Waals surface area contributed by atoms with Gasteiger partial charge in [0.05, 0.1) is 26.4 Å². The van der Waals surface area contributed by atoms with E-state index in [1.54, 1.807) is 0 Å². The van der Waals surface area contributed by atoms with Gasteiger partial charge in [0.15, 0.2) is 0 Å². The first-order chi connectivity index (χ1) is 39.9. The fraction of sp³-hybridized carbons (Fsp3) is 0.944. The molecule has 11 heteroatoms. The molecule has 0 aliphatic rings. The van der Waals surface area contributed by atoms with Crippen LogP contribution in [0, 0.1) is 23.7 Å². The maximum Gasteiger partial charge on any atom is 0.243 e. The Morgan fingerprint density at radius 3 is 1.06 bits per heavy atom. The van der Waals surface area contributed by atoms with Crippen LogP contribution in [0.3, 0.4) is 0 Å². The maximum absolute atomic E-state index is 14.0. The number of nitrogens with zero attached hydrogens (tertiary/aromatic N) is 3. The van der Waals surface area contributed by atoms with Crippen molar-refractivity contribution in [2.75, 3.05) is 85.3 Å². The number of ketones is 1. The van der Waals surface area contributed by atoms with Crippen LogP contribution in [0.1, 0.15) is 320 Å². The largest absolute Gasteiger partial charge is 0.377 e. The summed E-state index contributed by atoms with van der Waals surface area (Å²) in [6.45, 7) is 30.0. The summed E-state index contributed by atoms with van der Waals surface area (Å²) in [5.41, 5.74) is 0. The van der Waals surface area contributed by atoms with Gasteiger partial charge in [0.1, 0.15) is 11.8 Å². The molecular formula is C71H141N5O6. The Hall–Kier alpha value is -2.08. The number of nitrogens with one attached hydrogen (secondary N) is 2. The lowest BCUT2D eigenvalue weighted by Crippen LogP contribution is -2.53. The predicted octanol–water partition coefficient (Wildman–Crippen LogP) is 17.5. The van der Waals surface area contributed by atoms with Crippen LogP contribution >= 0.6 is 0 Å². The second-order valence-corrected chi connectivity index (χ2v) is 25.3. The van der Waals surface area contributed by atoms with Crippen molar-refractivity contribution in [2.24, 2.45) is 23.7 Å². The fourth-order valence-electron chi connectivity index (χ4n) is 12.2. The molecule has 3 atom stereocenters. The molecular weight excluding hydrogens is 1020 g/mol. The quantitative estimate of drug-likeness (QED) is 0.0578. The van der Waals surface area contributed by atoms with Crippen molar-refractivity contribution < 1.29 is 28.7 Å². The van der Waals surface area contributed by atoms with Crippen molar-refractivity contribution in [3.8, 4) is 0 Å². The number of amides is 3. The molecule has 0 heterocycles. The van der Waals surface area contributed by atoms with Gasteiger partial charge in [-0.25, -0.2) is 0 Å². The summed E-state index contributed by atoms with van der Waals surface area (Å²) in [5, 5.41) is 6.21. The Kier molecular flexibility index (Phi) is 57.8. The smallest absolute Gasteiger partial charge is 0.243 e. The number of hydrogen-bond donors (Lipinski definition) is 2. The first-order valence-corrected chi connectivity index (χ1v) is 35.9. The molecule has 3 unspecified atom stereocenters. The molecule has 0 aromatic rings. The lowest BCUT2D eigenvalue weighted by atomic mass is 9.76. The zero-order chi connectivity index (χ0) is 60.5. The van der Waals surface area contributed by atoms with Gasteiger partial charge >= 0.3 is 0 Å². The molecule has 0 aliphatic carbocycles. The molecule has 0 rings (SSSR count). The minimum Gasteiger partial charge on any atom is -0.377 e. The van der Waals surface area contributed by atoms with Gasteiger partial charge in [0, 0.05) is 44.3 Å². The minimum absolute atomic E-state index is 0.0269. The SMILES string of the molecule is CCCCCCCCCCCCCCCCCCCC(=O)C(CCCN(CC)CC)C(C(=O)NCCOCCOCCNC(=O)C(C(C)C)N(CCCN(CC)CC)C(=O)CCCCCCCCCCCCCCCCCCC)C(C)C. The molecule has 11 nitrogen and oxygen atoms in total. The molecule has 3 amide bonds. The summed E-state index contributed by atoms with van der Waals surface area (Å²) in [6.07, 6.45) is 48.1. The van der Waals surface area contributed by atoms with Gasteiger partial charge in [-0.3, -0.25) is 19.2 Å². The van der Waals surface area contributed by atoms with Gasteiger partial charge in [-0.15, -0.1) is 0 Å². The normalized spacial score (nSPS) is 13.0. The average molecular weight is 1160 g/mol. The Bertz CT molecular complexity index is 1320. The number of hydrogen-bond acceptors (Lipinski definition) is 8. The number of carbonyl (C=O) groups excluding carboxylic acids is 4. The van der Waals surface area contributed by atoms with E-state index in [9.17, 15) is 19.2 Å². The molecule has 0 fully saturated rings. The predicted molar refractivity (Wildman–Crippen MR) is 352 cm³/mol. The summed E-state index contributed by atoms with van der Waals surface area (Å²) >= 11 is 0. The molecule has 0 aliphatic heterocycles. The summed E-state index contributed by atoms with van der Waals surface area (Å²) in [6, 6.07) is -0.529. The zero-order valence-electron chi connectivity index (χ0n) is 56.4. The van der Waals surface area contributed by atoms with Gasteiger partial charge in [-0.2, -0.15) is 0 Å². The monoisotopic (exact) mass is 1160 g/mol. The molecule has 2 N–H and O–H groups in total. The van der Waals surface area contributed by atoms with Crippen LogP contribution in [0.4, 0.5) is 0 Å². The van der Waals surface area contributed by atoms with Crippen molar-refractivity contribution in [3.05, 3.63) is 0 Å². The molecule has 486 valence electrons. The molecule has 0 saturated heterocycles. The molecule has 82 heavy (non-hydrogen) atoms. The molecule has 0 radical (unpaired) electrons. The Labute approximate surface area is 510 Å². The minimum atomic E-state index is -0.529. The number of ether oxygens (including phenoxy) is 2. The highest BCUT2D eigenvalue weighted by molar-refractivity contribution is 5.89. The second kappa shape index (κ2) is 59.3. The highest BCUT2D eigenvalue weighted by atomic mass is 16.5. The molecule has 0 aromatic carbocycles. The molecule has 0 saturated carbocycles. The third kappa shape index (κ3) is 45.3. The van der Waals surface area contributed by atoms with E-state index in [0.29, 0.717) is 58.9 Å². The summed E-state index contributed by atoms with van der Waals surface area (Å²) in [7, 11) is 0. The van der Waals surface area contributed by atoms with Crippen molar-refractivity contribution in [1.82, 2.24) is 25.3 Å². The second-order valence-electron chi connectivity index (χ2n) is 25.3. The maximum atomic E-state index is 14.0. The van der Waals surface area contributed by atoms with Crippen molar-refractivity contribution in [1.29, 1.82) is 0 Å². The number of rotatable bonds is 64. The fourth-order valence-corrected chi connectivity index (χ4v) is 12.2. The van der Waals surface area contributed by atoms with Gasteiger partial charge < -0.3 is 34.8 Å². The first kappa shape index (κ1) is 79.9. The van der Waals surface area contributed by atoms with E-state index < -0.39 is 6.04 Å². The summed E-state index contributed by atoms with van der Waals surface area (Å²) < 4.78 is 11.7. The Morgan fingerprint density at radius 1 is 0.366 bits per heavy atom. The standard InChI is InChI=1S/C71H141N5O6/c1-11-17-19-21-23-25-27-29-31-33-35-37-39-41-43-45-47-52-66(77)65(51-49-56-74(13-3)14-4)68(63(7)8)70(79)72-54-59-81-61-62-82-60-55-73-71(80)69(64(9)10)76(58-50-57-75(15-5)16-6)67(78)53-48-46-44-42-40-38-36-34-32-30-28-26-24-22-20-18-12-2/h63-65,68-69H,11-62H2,1-10H3,(H,72,79)(H,73,80). The van der Waals surface area contributed by atoms with E-state index >= 15 is 0 Å². The molecule has 0 bridgehead atoms. The van der Waals surface area contributed by atoms with Crippen molar-refractivity contribution in [3.63, 3.8) is 0 Å². The van der Waals surface area contributed by atoms with E-state index in [1.165, 1.54) is 193 Å². The van der Waals surface area contributed by atoms with Crippen LogP contribution in [-0.2, 0) is 28.7 Å². The number of Topliss-reactive ketones (excluding diaryl/α,β-unsaturated/α-hetero) is 1. The first-order valence-electron chi connectivity index (χ1n) is 35.9. The van der Waals surface area contributed by atoms with Crippen LogP contribution in [0.5, 0.6) is 0 Å². The Morgan fingerprint density at radius 2 is 0.707 bits per heavy atom. The average Bonchev–Trinajstić information content (AvgIpc) is 3.46. The van der Waals surface area contributed by atoms with Gasteiger partial charge in [-0.05, 0) is 83.2 Å². The number of carbonyl (C=O) groups is 4. The van der Waals surface area contributed by atoms with Crippen LogP contribution in [0.2, 0.25) is 0 Å². The molecule has 0 spiro atoms.